The Labute approximate surface area is 261 Å². The van der Waals surface area contributed by atoms with E-state index in [-0.39, 0.29) is 11.8 Å². The van der Waals surface area contributed by atoms with Gasteiger partial charge in [-0.3, -0.25) is 9.69 Å². The van der Waals surface area contributed by atoms with Crippen LogP contribution in [0.25, 0.3) is 0 Å². The van der Waals surface area contributed by atoms with Crippen molar-refractivity contribution in [2.24, 2.45) is 0 Å². The highest BCUT2D eigenvalue weighted by Crippen LogP contribution is 2.37. The summed E-state index contributed by atoms with van der Waals surface area (Å²) < 4.78 is 12.7. The van der Waals surface area contributed by atoms with Crippen molar-refractivity contribution in [2.45, 2.75) is 52.6 Å². The van der Waals surface area contributed by atoms with Crippen molar-refractivity contribution in [1.29, 1.82) is 0 Å². The minimum Gasteiger partial charge on any atom is -0.488 e. The highest BCUT2D eigenvalue weighted by Gasteiger charge is 2.29. The molecule has 1 fully saturated rings. The van der Waals surface area contributed by atoms with E-state index in [1.807, 2.05) is 65.6 Å². The van der Waals surface area contributed by atoms with Gasteiger partial charge in [0.25, 0.3) is 5.91 Å². The number of amides is 1. The molecule has 2 aliphatic heterocycles. The summed E-state index contributed by atoms with van der Waals surface area (Å²) in [5.74, 6) is 1.46. The fourth-order valence-corrected chi connectivity index (χ4v) is 6.04. The van der Waals surface area contributed by atoms with Gasteiger partial charge in [-0.25, -0.2) is 0 Å². The highest BCUT2D eigenvalue weighted by molar-refractivity contribution is 5.98. The van der Waals surface area contributed by atoms with Crippen molar-refractivity contribution in [1.82, 2.24) is 14.7 Å². The predicted molar refractivity (Wildman–Crippen MR) is 175 cm³/mol. The van der Waals surface area contributed by atoms with E-state index in [0.29, 0.717) is 37.6 Å². The Morgan fingerprint density at radius 1 is 0.705 bits per heavy atom. The third-order valence-corrected chi connectivity index (χ3v) is 8.72. The van der Waals surface area contributed by atoms with E-state index < -0.39 is 0 Å². The van der Waals surface area contributed by atoms with Crippen LogP contribution in [0.5, 0.6) is 11.5 Å². The summed E-state index contributed by atoms with van der Waals surface area (Å²) in [6.07, 6.45) is 0. The van der Waals surface area contributed by atoms with Crippen LogP contribution in [-0.4, -0.2) is 53.8 Å². The molecule has 1 amide bonds. The van der Waals surface area contributed by atoms with Crippen molar-refractivity contribution in [3.05, 3.63) is 130 Å². The van der Waals surface area contributed by atoms with E-state index in [0.717, 1.165) is 55.2 Å². The molecule has 0 saturated carbocycles. The maximum Gasteiger partial charge on any atom is 0.258 e. The SMILES string of the molecule is CC(C)c1cc(C(=O)N2Cc3ccc(CN4CCN(C)CC4)cc3C2)c(OCc2ccccc2)cc1OCc1ccccc1. The molecule has 0 radical (unpaired) electrons. The number of nitrogens with zero attached hydrogens (tertiary/aromatic N) is 3. The zero-order chi connectivity index (χ0) is 30.5. The molecule has 0 bridgehead atoms. The molecule has 0 aliphatic carbocycles. The number of carbonyl (C=O) groups excluding carboxylic acids is 1. The lowest BCUT2D eigenvalue weighted by atomic mass is 9.98. The average Bonchev–Trinajstić information content (AvgIpc) is 3.48. The number of piperazine rings is 1. The smallest absolute Gasteiger partial charge is 0.258 e. The number of benzene rings is 4. The van der Waals surface area contributed by atoms with Gasteiger partial charge in [0.15, 0.2) is 0 Å². The molecule has 0 N–H and O–H groups in total. The first-order chi connectivity index (χ1) is 21.4. The van der Waals surface area contributed by atoms with E-state index in [1.165, 1.54) is 16.7 Å². The molecule has 228 valence electrons. The Hall–Kier alpha value is -4.13. The molecule has 6 rings (SSSR count). The van der Waals surface area contributed by atoms with Crippen LogP contribution in [0.2, 0.25) is 0 Å². The number of carbonyl (C=O) groups is 1. The van der Waals surface area contributed by atoms with Gasteiger partial charge in [0, 0.05) is 51.9 Å². The van der Waals surface area contributed by atoms with Gasteiger partial charge in [-0.1, -0.05) is 92.7 Å². The van der Waals surface area contributed by atoms with E-state index >= 15 is 0 Å². The second-order valence-corrected chi connectivity index (χ2v) is 12.4. The number of fused-ring (bicyclic) bond motifs is 1. The Kier molecular flexibility index (Phi) is 9.29. The first-order valence-corrected chi connectivity index (χ1v) is 15.7. The first-order valence-electron chi connectivity index (χ1n) is 15.7. The molecule has 6 nitrogen and oxygen atoms in total. The summed E-state index contributed by atoms with van der Waals surface area (Å²) in [6, 6.07) is 30.9. The number of hydrogen-bond acceptors (Lipinski definition) is 5. The lowest BCUT2D eigenvalue weighted by Gasteiger charge is -2.32. The maximum absolute atomic E-state index is 14.2. The fraction of sp³-hybridized carbons (Fsp3) is 0.342. The summed E-state index contributed by atoms with van der Waals surface area (Å²) in [5, 5.41) is 0. The number of likely N-dealkylation sites (N-methyl/N-ethyl adjacent to an activating group) is 1. The Balaban J connectivity index is 1.24. The van der Waals surface area contributed by atoms with E-state index in [1.54, 1.807) is 0 Å². The minimum absolute atomic E-state index is 0.0126. The lowest BCUT2D eigenvalue weighted by Crippen LogP contribution is -2.43. The van der Waals surface area contributed by atoms with Gasteiger partial charge in [-0.05, 0) is 52.4 Å². The van der Waals surface area contributed by atoms with Crippen molar-refractivity contribution in [2.75, 3.05) is 33.2 Å². The van der Waals surface area contributed by atoms with Crippen molar-refractivity contribution in [3.63, 3.8) is 0 Å². The zero-order valence-electron chi connectivity index (χ0n) is 26.2. The van der Waals surface area contributed by atoms with E-state index in [9.17, 15) is 4.79 Å². The molecule has 4 aromatic carbocycles. The monoisotopic (exact) mass is 589 g/mol. The number of hydrogen-bond donors (Lipinski definition) is 0. The molecule has 1 saturated heterocycles. The zero-order valence-corrected chi connectivity index (χ0v) is 26.2. The molecular weight excluding hydrogens is 546 g/mol. The lowest BCUT2D eigenvalue weighted by molar-refractivity contribution is 0.0746. The fourth-order valence-electron chi connectivity index (χ4n) is 6.04. The van der Waals surface area contributed by atoms with Gasteiger partial charge >= 0.3 is 0 Å². The summed E-state index contributed by atoms with van der Waals surface area (Å²) in [6.45, 7) is 11.6. The van der Waals surface area contributed by atoms with Gasteiger partial charge < -0.3 is 19.3 Å². The molecule has 0 atom stereocenters. The molecule has 0 aromatic heterocycles. The van der Waals surface area contributed by atoms with E-state index in [2.05, 4.69) is 61.0 Å². The Morgan fingerprint density at radius 3 is 1.95 bits per heavy atom. The van der Waals surface area contributed by atoms with Crippen LogP contribution >= 0.6 is 0 Å². The highest BCUT2D eigenvalue weighted by atomic mass is 16.5. The van der Waals surface area contributed by atoms with Gasteiger partial charge in [0.1, 0.15) is 24.7 Å². The second-order valence-electron chi connectivity index (χ2n) is 12.4. The van der Waals surface area contributed by atoms with Gasteiger partial charge in [0.05, 0.1) is 5.56 Å². The van der Waals surface area contributed by atoms with Gasteiger partial charge in [-0.15, -0.1) is 0 Å². The Bertz CT molecular complexity index is 1560. The van der Waals surface area contributed by atoms with Crippen molar-refractivity contribution < 1.29 is 14.3 Å². The summed E-state index contributed by atoms with van der Waals surface area (Å²) >= 11 is 0. The number of rotatable bonds is 10. The quantitative estimate of drug-likeness (QED) is 0.202. The Morgan fingerprint density at radius 2 is 1.32 bits per heavy atom. The van der Waals surface area contributed by atoms with Crippen LogP contribution < -0.4 is 9.47 Å². The molecule has 2 aliphatic rings. The molecular formula is C38H43N3O3. The third kappa shape index (κ3) is 7.15. The summed E-state index contributed by atoms with van der Waals surface area (Å²) in [5.41, 5.74) is 7.51. The molecule has 44 heavy (non-hydrogen) atoms. The van der Waals surface area contributed by atoms with Crippen molar-refractivity contribution in [3.8, 4) is 11.5 Å². The molecule has 2 heterocycles. The maximum atomic E-state index is 14.2. The largest absolute Gasteiger partial charge is 0.488 e. The van der Waals surface area contributed by atoms with Crippen LogP contribution in [0.1, 0.15) is 63.5 Å². The van der Waals surface area contributed by atoms with Crippen LogP contribution in [-0.2, 0) is 32.8 Å². The molecule has 6 heteroatoms. The van der Waals surface area contributed by atoms with E-state index in [4.69, 9.17) is 9.47 Å². The van der Waals surface area contributed by atoms with Gasteiger partial charge in [0.2, 0.25) is 0 Å². The van der Waals surface area contributed by atoms with Crippen molar-refractivity contribution >= 4 is 5.91 Å². The topological polar surface area (TPSA) is 45.3 Å². The number of ether oxygens (including phenoxy) is 2. The summed E-state index contributed by atoms with van der Waals surface area (Å²) in [4.78, 5) is 21.1. The molecule has 0 spiro atoms. The minimum atomic E-state index is -0.0126. The standard InChI is InChI=1S/C38H43N3O3/c1-28(2)34-21-35(37(44-27-30-12-8-5-9-13-30)22-36(34)43-26-29-10-6-4-7-11-29)38(42)41-24-32-15-14-31(20-33(32)25-41)23-40-18-16-39(3)17-19-40/h4-15,20-22,28H,16-19,23-27H2,1-3H3. The summed E-state index contributed by atoms with van der Waals surface area (Å²) in [7, 11) is 2.19. The van der Waals surface area contributed by atoms with Crippen LogP contribution in [0.3, 0.4) is 0 Å². The third-order valence-electron chi connectivity index (χ3n) is 8.72. The van der Waals surface area contributed by atoms with Crippen LogP contribution in [0, 0.1) is 0 Å². The second kappa shape index (κ2) is 13.7. The van der Waals surface area contributed by atoms with Crippen LogP contribution in [0.15, 0.2) is 91.0 Å². The predicted octanol–water partition coefficient (Wildman–Crippen LogP) is 6.87. The normalized spacial score (nSPS) is 15.4. The van der Waals surface area contributed by atoms with Crippen LogP contribution in [0.4, 0.5) is 0 Å². The first kappa shape index (κ1) is 29.9. The molecule has 0 unspecified atom stereocenters. The average molecular weight is 590 g/mol. The van der Waals surface area contributed by atoms with Gasteiger partial charge in [-0.2, -0.15) is 0 Å². The molecule has 4 aromatic rings.